The first-order valence-electron chi connectivity index (χ1n) is 6.41. The topological polar surface area (TPSA) is 75.3 Å². The Kier molecular flexibility index (Phi) is 3.47. The minimum atomic E-state index is -0.0839. The number of halogens is 1. The maximum absolute atomic E-state index is 12.6. The number of anilines is 1. The van der Waals surface area contributed by atoms with Crippen molar-refractivity contribution in [3.8, 4) is 0 Å². The average Bonchev–Trinajstić information content (AvgIpc) is 3.04. The molecule has 3 rings (SSSR count). The summed E-state index contributed by atoms with van der Waals surface area (Å²) in [5, 5.41) is 0.826. The van der Waals surface area contributed by atoms with Gasteiger partial charge in [-0.05, 0) is 46.3 Å². The van der Waals surface area contributed by atoms with Gasteiger partial charge in [-0.3, -0.25) is 4.79 Å². The number of nitrogen functional groups attached to an aromatic ring is 1. The first-order chi connectivity index (χ1) is 10.0. The van der Waals surface area contributed by atoms with Crippen molar-refractivity contribution in [3.63, 3.8) is 0 Å². The molecule has 0 aliphatic heterocycles. The van der Waals surface area contributed by atoms with E-state index in [1.165, 1.54) is 0 Å². The van der Waals surface area contributed by atoms with Crippen LogP contribution in [0.1, 0.15) is 16.1 Å². The van der Waals surface area contributed by atoms with E-state index in [-0.39, 0.29) is 5.91 Å². The molecule has 108 valence electrons. The monoisotopic (exact) mass is 347 g/mol. The number of aromatic amines is 1. The highest BCUT2D eigenvalue weighted by Crippen LogP contribution is 2.23. The molecule has 2 heterocycles. The summed E-state index contributed by atoms with van der Waals surface area (Å²) in [5.41, 5.74) is 7.92. The maximum Gasteiger partial charge on any atom is 0.256 e. The minimum Gasteiger partial charge on any atom is -0.452 e. The molecule has 0 bridgehead atoms. The van der Waals surface area contributed by atoms with Crippen molar-refractivity contribution in [2.24, 2.45) is 0 Å². The maximum atomic E-state index is 12.6. The Bertz CT molecular complexity index is 806. The molecule has 0 aliphatic carbocycles. The van der Waals surface area contributed by atoms with Crippen molar-refractivity contribution in [2.75, 3.05) is 12.8 Å². The van der Waals surface area contributed by atoms with E-state index in [9.17, 15) is 4.79 Å². The molecule has 1 aromatic carbocycles. The second kappa shape index (κ2) is 5.29. The smallest absolute Gasteiger partial charge is 0.256 e. The summed E-state index contributed by atoms with van der Waals surface area (Å²) in [7, 11) is 1.74. The van der Waals surface area contributed by atoms with Gasteiger partial charge in [0.05, 0.1) is 12.1 Å². The Morgan fingerprint density at radius 2 is 2.19 bits per heavy atom. The van der Waals surface area contributed by atoms with Crippen LogP contribution in [-0.2, 0) is 6.54 Å². The molecule has 0 atom stereocenters. The van der Waals surface area contributed by atoms with Gasteiger partial charge in [-0.1, -0.05) is 0 Å². The number of carbonyl (C=O) groups is 1. The number of rotatable bonds is 3. The standard InChI is InChI=1S/C15H14BrN3O2/c1-19(8-10-3-5-14(16)21-10)15(20)12-7-18-13-4-2-9(17)6-11(12)13/h2-7,18H,8,17H2,1H3. The number of furan rings is 1. The fourth-order valence-corrected chi connectivity index (χ4v) is 2.60. The zero-order chi connectivity index (χ0) is 15.0. The van der Waals surface area contributed by atoms with Gasteiger partial charge in [-0.2, -0.15) is 0 Å². The van der Waals surface area contributed by atoms with Crippen LogP contribution in [0.2, 0.25) is 0 Å². The molecule has 3 aromatic rings. The summed E-state index contributed by atoms with van der Waals surface area (Å²) in [5.74, 6) is 0.636. The fourth-order valence-electron chi connectivity index (χ4n) is 2.26. The molecule has 0 spiro atoms. The molecule has 2 aromatic heterocycles. The molecular weight excluding hydrogens is 334 g/mol. The van der Waals surface area contributed by atoms with E-state index in [2.05, 4.69) is 20.9 Å². The van der Waals surface area contributed by atoms with Crippen LogP contribution in [0.3, 0.4) is 0 Å². The predicted molar refractivity (Wildman–Crippen MR) is 84.9 cm³/mol. The highest BCUT2D eigenvalue weighted by molar-refractivity contribution is 9.10. The largest absolute Gasteiger partial charge is 0.452 e. The SMILES string of the molecule is CN(Cc1ccc(Br)o1)C(=O)c1c[nH]c2ccc(N)cc12. The molecular formula is C15H14BrN3O2. The van der Waals surface area contributed by atoms with Crippen molar-refractivity contribution in [1.82, 2.24) is 9.88 Å². The van der Waals surface area contributed by atoms with E-state index in [4.69, 9.17) is 10.2 Å². The normalized spacial score (nSPS) is 11.0. The Morgan fingerprint density at radius 3 is 2.90 bits per heavy atom. The molecule has 6 heteroatoms. The number of nitrogens with zero attached hydrogens (tertiary/aromatic N) is 1. The third kappa shape index (κ3) is 2.67. The molecule has 1 amide bonds. The first-order valence-corrected chi connectivity index (χ1v) is 7.20. The molecule has 0 saturated carbocycles. The van der Waals surface area contributed by atoms with E-state index >= 15 is 0 Å². The highest BCUT2D eigenvalue weighted by atomic mass is 79.9. The van der Waals surface area contributed by atoms with Crippen LogP contribution in [0.25, 0.3) is 10.9 Å². The van der Waals surface area contributed by atoms with Crippen molar-refractivity contribution in [1.29, 1.82) is 0 Å². The Labute approximate surface area is 129 Å². The molecule has 0 aliphatic rings. The number of nitrogens with two attached hydrogens (primary N) is 1. The van der Waals surface area contributed by atoms with Crippen molar-refractivity contribution in [3.05, 3.63) is 52.5 Å². The lowest BCUT2D eigenvalue weighted by Crippen LogP contribution is -2.25. The minimum absolute atomic E-state index is 0.0839. The van der Waals surface area contributed by atoms with Crippen molar-refractivity contribution < 1.29 is 9.21 Å². The number of nitrogens with one attached hydrogen (secondary N) is 1. The fraction of sp³-hybridized carbons (Fsp3) is 0.133. The van der Waals surface area contributed by atoms with Crippen LogP contribution < -0.4 is 5.73 Å². The Hall–Kier alpha value is -2.21. The summed E-state index contributed by atoms with van der Waals surface area (Å²) >= 11 is 3.25. The lowest BCUT2D eigenvalue weighted by molar-refractivity contribution is 0.0777. The summed E-state index contributed by atoms with van der Waals surface area (Å²) in [6.07, 6.45) is 1.71. The van der Waals surface area contributed by atoms with Gasteiger partial charge >= 0.3 is 0 Å². The highest BCUT2D eigenvalue weighted by Gasteiger charge is 2.17. The van der Waals surface area contributed by atoms with Gasteiger partial charge in [0.25, 0.3) is 5.91 Å². The van der Waals surface area contributed by atoms with Gasteiger partial charge in [0.1, 0.15) is 5.76 Å². The van der Waals surface area contributed by atoms with Gasteiger partial charge in [0.15, 0.2) is 4.67 Å². The summed E-state index contributed by atoms with van der Waals surface area (Å²) in [6.45, 7) is 0.402. The van der Waals surface area contributed by atoms with Gasteiger partial charge in [-0.15, -0.1) is 0 Å². The quantitative estimate of drug-likeness (QED) is 0.713. The molecule has 5 nitrogen and oxygen atoms in total. The van der Waals surface area contributed by atoms with E-state index in [0.717, 1.165) is 16.7 Å². The van der Waals surface area contributed by atoms with Crippen LogP contribution in [-0.4, -0.2) is 22.8 Å². The van der Waals surface area contributed by atoms with Crippen LogP contribution in [0.4, 0.5) is 5.69 Å². The number of amides is 1. The number of hydrogen-bond acceptors (Lipinski definition) is 3. The number of carbonyl (C=O) groups excluding carboxylic acids is 1. The van der Waals surface area contributed by atoms with E-state index in [1.807, 2.05) is 12.1 Å². The van der Waals surface area contributed by atoms with Crippen molar-refractivity contribution >= 4 is 38.4 Å². The molecule has 21 heavy (non-hydrogen) atoms. The van der Waals surface area contributed by atoms with Gasteiger partial charge < -0.3 is 20.0 Å². The van der Waals surface area contributed by atoms with Gasteiger partial charge in [0.2, 0.25) is 0 Å². The molecule has 0 fully saturated rings. The zero-order valence-corrected chi connectivity index (χ0v) is 13.0. The van der Waals surface area contributed by atoms with E-state index < -0.39 is 0 Å². The Morgan fingerprint density at radius 1 is 1.38 bits per heavy atom. The number of aromatic nitrogens is 1. The third-order valence-electron chi connectivity index (χ3n) is 3.30. The second-order valence-corrected chi connectivity index (χ2v) is 5.66. The number of H-pyrrole nitrogens is 1. The van der Waals surface area contributed by atoms with Crippen molar-refractivity contribution in [2.45, 2.75) is 6.54 Å². The van der Waals surface area contributed by atoms with Crippen LogP contribution in [0.15, 0.2) is 45.6 Å². The van der Waals surface area contributed by atoms with E-state index in [1.54, 1.807) is 36.3 Å². The Balaban J connectivity index is 1.87. The summed E-state index contributed by atoms with van der Waals surface area (Å²) in [4.78, 5) is 17.2. The van der Waals surface area contributed by atoms with Crippen LogP contribution in [0, 0.1) is 0 Å². The lowest BCUT2D eigenvalue weighted by atomic mass is 10.1. The summed E-state index contributed by atoms with van der Waals surface area (Å²) < 4.78 is 6.07. The van der Waals surface area contributed by atoms with E-state index in [0.29, 0.717) is 22.5 Å². The number of fused-ring (bicyclic) bond motifs is 1. The third-order valence-corrected chi connectivity index (χ3v) is 3.73. The zero-order valence-electron chi connectivity index (χ0n) is 11.4. The summed E-state index contributed by atoms with van der Waals surface area (Å²) in [6, 6.07) is 9.11. The predicted octanol–water partition coefficient (Wildman–Crippen LogP) is 3.38. The second-order valence-electron chi connectivity index (χ2n) is 4.87. The van der Waals surface area contributed by atoms with Gasteiger partial charge in [-0.25, -0.2) is 0 Å². The lowest BCUT2D eigenvalue weighted by Gasteiger charge is -2.15. The van der Waals surface area contributed by atoms with Gasteiger partial charge in [0, 0.05) is 29.8 Å². The van der Waals surface area contributed by atoms with Crippen LogP contribution >= 0.6 is 15.9 Å². The molecule has 0 saturated heterocycles. The van der Waals surface area contributed by atoms with Crippen LogP contribution in [0.5, 0.6) is 0 Å². The first kappa shape index (κ1) is 13.8. The molecule has 0 unspecified atom stereocenters. The number of hydrogen-bond donors (Lipinski definition) is 2. The molecule has 0 radical (unpaired) electrons. The molecule has 3 N–H and O–H groups in total. The average molecular weight is 348 g/mol. The number of benzene rings is 1.